The van der Waals surface area contributed by atoms with Gasteiger partial charge < -0.3 is 11.1 Å². The summed E-state index contributed by atoms with van der Waals surface area (Å²) in [7, 11) is 0. The number of nitrogens with one attached hydrogen (secondary N) is 1. The summed E-state index contributed by atoms with van der Waals surface area (Å²) in [6.07, 6.45) is 0.975. The molecule has 1 atom stereocenters. The number of nitrogens with zero attached hydrogens (tertiary/aromatic N) is 3. The van der Waals surface area contributed by atoms with E-state index in [1.165, 1.54) is 0 Å². The molecule has 6 heteroatoms. The molecule has 0 saturated carbocycles. The second-order valence-electron chi connectivity index (χ2n) is 2.74. The van der Waals surface area contributed by atoms with Crippen LogP contribution in [0.1, 0.15) is 20.3 Å². The van der Waals surface area contributed by atoms with Gasteiger partial charge in [-0.3, -0.25) is 0 Å². The van der Waals surface area contributed by atoms with E-state index in [2.05, 4.69) is 27.2 Å². The van der Waals surface area contributed by atoms with E-state index < -0.39 is 0 Å². The lowest BCUT2D eigenvalue weighted by molar-refractivity contribution is 0.751. The zero-order valence-corrected chi connectivity index (χ0v) is 8.34. The molecule has 1 rings (SSSR count). The topological polar surface area (TPSA) is 76.7 Å². The van der Waals surface area contributed by atoms with Crippen LogP contribution >= 0.6 is 11.6 Å². The van der Waals surface area contributed by atoms with Gasteiger partial charge in [0.1, 0.15) is 0 Å². The van der Waals surface area contributed by atoms with Crippen LogP contribution in [-0.4, -0.2) is 21.0 Å². The Balaban J connectivity index is 2.77. The van der Waals surface area contributed by atoms with Crippen molar-refractivity contribution in [1.82, 2.24) is 15.0 Å². The molecule has 1 unspecified atom stereocenters. The van der Waals surface area contributed by atoms with Crippen molar-refractivity contribution in [3.05, 3.63) is 5.28 Å². The summed E-state index contributed by atoms with van der Waals surface area (Å²) in [5.74, 6) is 0.553. The van der Waals surface area contributed by atoms with Crippen LogP contribution in [0.25, 0.3) is 0 Å². The fraction of sp³-hybridized carbons (Fsp3) is 0.571. The van der Waals surface area contributed by atoms with Crippen LogP contribution < -0.4 is 11.1 Å². The van der Waals surface area contributed by atoms with E-state index in [4.69, 9.17) is 17.3 Å². The van der Waals surface area contributed by atoms with Crippen LogP contribution in [0.3, 0.4) is 0 Å². The van der Waals surface area contributed by atoms with Gasteiger partial charge in [0.05, 0.1) is 0 Å². The Kier molecular flexibility index (Phi) is 3.25. The Morgan fingerprint density at radius 3 is 2.69 bits per heavy atom. The zero-order valence-electron chi connectivity index (χ0n) is 7.58. The van der Waals surface area contributed by atoms with E-state index in [1.807, 2.05) is 6.92 Å². The number of aromatic nitrogens is 3. The van der Waals surface area contributed by atoms with E-state index in [9.17, 15) is 0 Å². The van der Waals surface area contributed by atoms with Crippen molar-refractivity contribution in [2.45, 2.75) is 26.3 Å². The molecule has 0 aliphatic heterocycles. The lowest BCUT2D eigenvalue weighted by Crippen LogP contribution is -2.16. The zero-order chi connectivity index (χ0) is 9.84. The number of hydrogen-bond acceptors (Lipinski definition) is 5. The van der Waals surface area contributed by atoms with Gasteiger partial charge >= 0.3 is 0 Å². The van der Waals surface area contributed by atoms with Gasteiger partial charge in [-0.25, -0.2) is 0 Å². The Morgan fingerprint density at radius 1 is 1.46 bits per heavy atom. The molecule has 0 saturated heterocycles. The van der Waals surface area contributed by atoms with Crippen LogP contribution in [0, 0.1) is 0 Å². The highest BCUT2D eigenvalue weighted by Crippen LogP contribution is 2.08. The average Bonchev–Trinajstić information content (AvgIpc) is 2.02. The van der Waals surface area contributed by atoms with Gasteiger partial charge in [0.15, 0.2) is 0 Å². The van der Waals surface area contributed by atoms with Crippen LogP contribution in [0.5, 0.6) is 0 Å². The minimum atomic E-state index is 0.110. The maximum absolute atomic E-state index is 5.59. The summed E-state index contributed by atoms with van der Waals surface area (Å²) in [5, 5.41) is 3.16. The summed E-state index contributed by atoms with van der Waals surface area (Å²) in [6, 6.07) is 0.290. The third kappa shape index (κ3) is 3.02. The normalized spacial score (nSPS) is 12.5. The smallest absolute Gasteiger partial charge is 0.229 e. The molecule has 5 nitrogen and oxygen atoms in total. The fourth-order valence-electron chi connectivity index (χ4n) is 0.752. The van der Waals surface area contributed by atoms with Gasteiger partial charge in [-0.1, -0.05) is 6.92 Å². The standard InChI is InChI=1S/C7H12ClN5/c1-3-4(2)10-7-12-5(8)11-6(9)13-7/h4H,3H2,1-2H3,(H3,9,10,11,12,13). The highest BCUT2D eigenvalue weighted by atomic mass is 35.5. The summed E-state index contributed by atoms with van der Waals surface area (Å²) in [5.41, 5.74) is 5.39. The lowest BCUT2D eigenvalue weighted by Gasteiger charge is -2.10. The van der Waals surface area contributed by atoms with Crippen LogP contribution in [0.2, 0.25) is 5.28 Å². The van der Waals surface area contributed by atoms with E-state index in [0.29, 0.717) is 5.95 Å². The molecule has 0 aliphatic carbocycles. The molecular weight excluding hydrogens is 190 g/mol. The molecule has 1 aromatic rings. The van der Waals surface area contributed by atoms with Crippen molar-refractivity contribution in [2.24, 2.45) is 0 Å². The molecule has 1 aromatic heterocycles. The highest BCUT2D eigenvalue weighted by molar-refractivity contribution is 6.28. The molecule has 0 amide bonds. The summed E-state index contributed by atoms with van der Waals surface area (Å²) >= 11 is 5.59. The van der Waals surface area contributed by atoms with Crippen LogP contribution in [0.15, 0.2) is 0 Å². The maximum Gasteiger partial charge on any atom is 0.229 e. The maximum atomic E-state index is 5.59. The van der Waals surface area contributed by atoms with Gasteiger partial charge in [0, 0.05) is 6.04 Å². The Hall–Kier alpha value is -1.10. The van der Waals surface area contributed by atoms with Crippen molar-refractivity contribution in [1.29, 1.82) is 0 Å². The first kappa shape index (κ1) is 9.98. The SMILES string of the molecule is CCC(C)Nc1nc(N)nc(Cl)n1. The van der Waals surface area contributed by atoms with Gasteiger partial charge in [0.25, 0.3) is 0 Å². The Labute approximate surface area is 81.7 Å². The van der Waals surface area contributed by atoms with Crippen molar-refractivity contribution in [2.75, 3.05) is 11.1 Å². The van der Waals surface area contributed by atoms with Crippen LogP contribution in [-0.2, 0) is 0 Å². The summed E-state index contributed by atoms with van der Waals surface area (Å²) in [6.45, 7) is 4.08. The molecule has 0 aromatic carbocycles. The van der Waals surface area contributed by atoms with Gasteiger partial charge in [-0.05, 0) is 24.9 Å². The predicted molar refractivity (Wildman–Crippen MR) is 52.6 cm³/mol. The van der Waals surface area contributed by atoms with Crippen molar-refractivity contribution in [3.8, 4) is 0 Å². The second-order valence-corrected chi connectivity index (χ2v) is 3.08. The lowest BCUT2D eigenvalue weighted by atomic mass is 10.3. The first-order valence-corrected chi connectivity index (χ1v) is 4.43. The predicted octanol–water partition coefficient (Wildman–Crippen LogP) is 1.32. The quantitative estimate of drug-likeness (QED) is 0.772. The van der Waals surface area contributed by atoms with Gasteiger partial charge in [-0.15, -0.1) is 0 Å². The van der Waals surface area contributed by atoms with Crippen molar-refractivity contribution >= 4 is 23.5 Å². The molecule has 0 bridgehead atoms. The number of nitrogen functional groups attached to an aromatic ring is 1. The van der Waals surface area contributed by atoms with Crippen molar-refractivity contribution in [3.63, 3.8) is 0 Å². The number of hydrogen-bond donors (Lipinski definition) is 2. The fourth-order valence-corrected chi connectivity index (χ4v) is 0.919. The molecule has 72 valence electrons. The monoisotopic (exact) mass is 201 g/mol. The molecule has 0 aliphatic rings. The second kappa shape index (κ2) is 4.23. The first-order chi connectivity index (χ1) is 6.11. The third-order valence-corrected chi connectivity index (χ3v) is 1.78. The Morgan fingerprint density at radius 2 is 2.15 bits per heavy atom. The molecular formula is C7H12ClN5. The molecule has 0 fully saturated rings. The van der Waals surface area contributed by atoms with Gasteiger partial charge in [-0.2, -0.15) is 15.0 Å². The van der Waals surface area contributed by atoms with Crippen molar-refractivity contribution < 1.29 is 0 Å². The summed E-state index contributed by atoms with van der Waals surface area (Å²) in [4.78, 5) is 11.4. The van der Waals surface area contributed by atoms with E-state index in [1.54, 1.807) is 0 Å². The molecule has 1 heterocycles. The minimum Gasteiger partial charge on any atom is -0.368 e. The van der Waals surface area contributed by atoms with E-state index >= 15 is 0 Å². The van der Waals surface area contributed by atoms with Gasteiger partial charge in [0.2, 0.25) is 17.2 Å². The van der Waals surface area contributed by atoms with E-state index in [-0.39, 0.29) is 17.3 Å². The average molecular weight is 202 g/mol. The first-order valence-electron chi connectivity index (χ1n) is 4.05. The summed E-state index contributed by atoms with van der Waals surface area (Å²) < 4.78 is 0. The Bertz CT molecular complexity index is 270. The molecule has 13 heavy (non-hydrogen) atoms. The largest absolute Gasteiger partial charge is 0.368 e. The number of rotatable bonds is 3. The number of nitrogens with two attached hydrogens (primary N) is 1. The van der Waals surface area contributed by atoms with E-state index in [0.717, 1.165) is 6.42 Å². The van der Waals surface area contributed by atoms with Crippen LogP contribution in [0.4, 0.5) is 11.9 Å². The molecule has 0 spiro atoms. The highest BCUT2D eigenvalue weighted by Gasteiger charge is 2.04. The number of anilines is 2. The third-order valence-electron chi connectivity index (χ3n) is 1.61. The number of halogens is 1. The molecule has 0 radical (unpaired) electrons. The minimum absolute atomic E-state index is 0.110. The molecule has 3 N–H and O–H groups in total.